The average molecular weight is 448 g/mol. The second-order valence-corrected chi connectivity index (χ2v) is 8.52. The zero-order chi connectivity index (χ0) is 22.2. The summed E-state index contributed by atoms with van der Waals surface area (Å²) in [6, 6.07) is 15.6. The first kappa shape index (κ1) is 20.3. The van der Waals surface area contributed by atoms with Crippen molar-refractivity contribution in [1.29, 1.82) is 0 Å². The van der Waals surface area contributed by atoms with E-state index in [-0.39, 0.29) is 18.3 Å². The lowest BCUT2D eigenvalue weighted by Crippen LogP contribution is -2.07. The van der Waals surface area contributed by atoms with E-state index < -0.39 is 0 Å². The number of ketones is 1. The molecule has 0 spiro atoms. The molecule has 2 aromatic heterocycles. The number of tetrazole rings is 1. The van der Waals surface area contributed by atoms with Gasteiger partial charge in [0.1, 0.15) is 0 Å². The lowest BCUT2D eigenvalue weighted by molar-refractivity contribution is 0.102. The number of Topliss-reactive ketones (excluding diaryl/α,β-unsaturated/α-hetero) is 1. The molecule has 0 unspecified atom stereocenters. The monoisotopic (exact) mass is 447 g/mol. The summed E-state index contributed by atoms with van der Waals surface area (Å²) < 4.78 is 14.6. The van der Waals surface area contributed by atoms with Gasteiger partial charge in [0, 0.05) is 28.7 Å². The summed E-state index contributed by atoms with van der Waals surface area (Å²) >= 11 is 1.32. The molecule has 0 fully saturated rings. The maximum absolute atomic E-state index is 13.1. The maximum atomic E-state index is 13.1. The molecule has 3 heterocycles. The summed E-state index contributed by atoms with van der Waals surface area (Å²) in [6.07, 6.45) is 0. The van der Waals surface area contributed by atoms with Crippen molar-refractivity contribution >= 4 is 17.5 Å². The molecule has 1 aliphatic rings. The first-order valence-corrected chi connectivity index (χ1v) is 11.1. The van der Waals surface area contributed by atoms with Crippen LogP contribution in [-0.2, 0) is 0 Å². The fraction of sp³-hybridized carbons (Fsp3) is 0.217. The molecule has 0 aliphatic carbocycles. The molecule has 0 radical (unpaired) electrons. The van der Waals surface area contributed by atoms with Crippen LogP contribution in [0.5, 0.6) is 11.5 Å². The smallest absolute Gasteiger partial charge is 0.231 e. The normalized spacial score (nSPS) is 12.3. The average Bonchev–Trinajstić information content (AvgIpc) is 3.51. The van der Waals surface area contributed by atoms with Gasteiger partial charge in [-0.1, -0.05) is 29.5 Å². The van der Waals surface area contributed by atoms with Crippen LogP contribution in [0.4, 0.5) is 0 Å². The van der Waals surface area contributed by atoms with E-state index in [0.717, 1.165) is 34.1 Å². The van der Waals surface area contributed by atoms with Gasteiger partial charge in [-0.15, -0.1) is 5.10 Å². The molecule has 5 rings (SSSR count). The Morgan fingerprint density at radius 2 is 1.75 bits per heavy atom. The number of benzene rings is 2. The van der Waals surface area contributed by atoms with Crippen LogP contribution >= 0.6 is 11.8 Å². The Morgan fingerprint density at radius 3 is 2.56 bits per heavy atom. The van der Waals surface area contributed by atoms with E-state index >= 15 is 0 Å². The third kappa shape index (κ3) is 3.64. The highest BCUT2D eigenvalue weighted by Crippen LogP contribution is 2.35. The van der Waals surface area contributed by atoms with Crippen LogP contribution in [0.1, 0.15) is 27.3 Å². The molecule has 32 heavy (non-hydrogen) atoms. The van der Waals surface area contributed by atoms with Gasteiger partial charge in [0.2, 0.25) is 11.9 Å². The fourth-order valence-electron chi connectivity index (χ4n) is 3.79. The van der Waals surface area contributed by atoms with Crippen LogP contribution in [0.3, 0.4) is 0 Å². The number of carbonyl (C=O) groups excluding carboxylic acids is 1. The number of nitrogens with zero attached hydrogens (tertiary/aromatic N) is 5. The van der Waals surface area contributed by atoms with E-state index in [9.17, 15) is 4.79 Å². The molecule has 0 amide bonds. The van der Waals surface area contributed by atoms with Gasteiger partial charge in [0.15, 0.2) is 17.3 Å². The number of hydrogen-bond donors (Lipinski definition) is 0. The number of ether oxygens (including phenoxy) is 2. The summed E-state index contributed by atoms with van der Waals surface area (Å²) in [7, 11) is 0. The topological polar surface area (TPSA) is 84.1 Å². The molecule has 0 bridgehead atoms. The van der Waals surface area contributed by atoms with Gasteiger partial charge in [0.25, 0.3) is 0 Å². The number of fused-ring (bicyclic) bond motifs is 1. The maximum Gasteiger partial charge on any atom is 0.231 e. The fourth-order valence-corrected chi connectivity index (χ4v) is 4.57. The molecule has 8 nitrogen and oxygen atoms in total. The zero-order valence-electron chi connectivity index (χ0n) is 17.9. The summed E-state index contributed by atoms with van der Waals surface area (Å²) in [5, 5.41) is 12.5. The third-order valence-corrected chi connectivity index (χ3v) is 6.32. The Morgan fingerprint density at radius 1 is 1.00 bits per heavy atom. The molecule has 1 aliphatic heterocycles. The lowest BCUT2D eigenvalue weighted by atomic mass is 10.2. The van der Waals surface area contributed by atoms with Crippen molar-refractivity contribution in [2.45, 2.75) is 25.9 Å². The van der Waals surface area contributed by atoms with Crippen molar-refractivity contribution in [2.75, 3.05) is 12.5 Å². The summed E-state index contributed by atoms with van der Waals surface area (Å²) in [5.74, 6) is 1.70. The molecule has 162 valence electrons. The van der Waals surface area contributed by atoms with E-state index in [2.05, 4.69) is 20.1 Å². The third-order valence-electron chi connectivity index (χ3n) is 5.40. The molecule has 0 saturated carbocycles. The number of hydrogen-bond acceptors (Lipinski definition) is 7. The van der Waals surface area contributed by atoms with Gasteiger partial charge in [-0.3, -0.25) is 4.79 Å². The first-order chi connectivity index (χ1) is 15.5. The second-order valence-electron chi connectivity index (χ2n) is 7.58. The van der Waals surface area contributed by atoms with Crippen molar-refractivity contribution in [2.24, 2.45) is 0 Å². The van der Waals surface area contributed by atoms with Gasteiger partial charge in [-0.05, 0) is 61.5 Å². The molecule has 2 aromatic carbocycles. The van der Waals surface area contributed by atoms with Gasteiger partial charge >= 0.3 is 0 Å². The first-order valence-electron chi connectivity index (χ1n) is 10.1. The number of carbonyl (C=O) groups is 1. The van der Waals surface area contributed by atoms with Gasteiger partial charge in [0.05, 0.1) is 11.4 Å². The molecule has 0 atom stereocenters. The van der Waals surface area contributed by atoms with Crippen LogP contribution in [-0.4, -0.2) is 43.1 Å². The van der Waals surface area contributed by atoms with Crippen LogP contribution in [0.15, 0.2) is 53.7 Å². The molecular formula is C23H21N5O3S. The number of aromatic nitrogens is 5. The van der Waals surface area contributed by atoms with Crippen LogP contribution in [0.2, 0.25) is 0 Å². The minimum atomic E-state index is 0.0218. The Balaban J connectivity index is 1.36. The Labute approximate surface area is 189 Å². The van der Waals surface area contributed by atoms with Crippen LogP contribution in [0.25, 0.3) is 11.4 Å². The number of thioether (sulfide) groups is 1. The van der Waals surface area contributed by atoms with Gasteiger partial charge in [-0.25, -0.2) is 0 Å². The summed E-state index contributed by atoms with van der Waals surface area (Å²) in [6.45, 7) is 6.19. The SMILES string of the molecule is Cc1ccc(-n2nnnc2SCC(=O)c2cc(C)n(-c3ccc4c(c3)OCO4)c2C)cc1. The molecule has 0 N–H and O–H groups in total. The van der Waals surface area contributed by atoms with E-state index in [1.165, 1.54) is 11.8 Å². The van der Waals surface area contributed by atoms with Crippen molar-refractivity contribution in [1.82, 2.24) is 24.8 Å². The van der Waals surface area contributed by atoms with Gasteiger partial charge in [-0.2, -0.15) is 4.68 Å². The highest BCUT2D eigenvalue weighted by atomic mass is 32.2. The number of rotatable bonds is 6. The van der Waals surface area contributed by atoms with Crippen molar-refractivity contribution in [3.8, 4) is 22.9 Å². The minimum Gasteiger partial charge on any atom is -0.454 e. The quantitative estimate of drug-likeness (QED) is 0.325. The van der Waals surface area contributed by atoms with E-state index in [1.807, 2.05) is 69.3 Å². The molecular weight excluding hydrogens is 426 g/mol. The van der Waals surface area contributed by atoms with Crippen LogP contribution in [0, 0.1) is 20.8 Å². The molecule has 0 saturated heterocycles. The van der Waals surface area contributed by atoms with Crippen molar-refractivity contribution in [3.05, 3.63) is 71.0 Å². The van der Waals surface area contributed by atoms with Crippen LogP contribution < -0.4 is 9.47 Å². The second kappa shape index (κ2) is 8.16. The highest BCUT2D eigenvalue weighted by Gasteiger charge is 2.20. The Kier molecular flexibility index (Phi) is 5.18. The predicted octanol–water partition coefficient (Wildman–Crippen LogP) is 4.08. The highest BCUT2D eigenvalue weighted by molar-refractivity contribution is 7.99. The van der Waals surface area contributed by atoms with E-state index in [0.29, 0.717) is 16.5 Å². The number of aryl methyl sites for hydroxylation is 2. The van der Waals surface area contributed by atoms with Crippen molar-refractivity contribution < 1.29 is 14.3 Å². The minimum absolute atomic E-state index is 0.0218. The van der Waals surface area contributed by atoms with E-state index in [1.54, 1.807) is 4.68 Å². The van der Waals surface area contributed by atoms with Crippen molar-refractivity contribution in [3.63, 3.8) is 0 Å². The zero-order valence-corrected chi connectivity index (χ0v) is 18.7. The largest absolute Gasteiger partial charge is 0.454 e. The van der Waals surface area contributed by atoms with Gasteiger partial charge < -0.3 is 14.0 Å². The Bertz CT molecular complexity index is 1310. The molecule has 9 heteroatoms. The Hall–Kier alpha value is -3.59. The predicted molar refractivity (Wildman–Crippen MR) is 120 cm³/mol. The standard InChI is InChI=1S/C23H21N5O3S/c1-14-4-6-17(7-5-14)28-23(24-25-26-28)32-12-20(29)19-10-15(2)27(16(19)3)18-8-9-21-22(11-18)31-13-30-21/h4-11H,12-13H2,1-3H3. The molecule has 4 aromatic rings. The van der Waals surface area contributed by atoms with E-state index in [4.69, 9.17) is 9.47 Å². The summed E-state index contributed by atoms with van der Waals surface area (Å²) in [5.41, 5.74) is 5.48. The lowest BCUT2D eigenvalue weighted by Gasteiger charge is -2.10. The summed E-state index contributed by atoms with van der Waals surface area (Å²) in [4.78, 5) is 13.1.